The van der Waals surface area contributed by atoms with Gasteiger partial charge in [0.05, 0.1) is 0 Å². The minimum Gasteiger partial charge on any atom is -0.508 e. The van der Waals surface area contributed by atoms with Crippen LogP contribution >= 0.6 is 0 Å². The van der Waals surface area contributed by atoms with Crippen LogP contribution in [0.2, 0.25) is 0 Å². The number of carbonyl (C=O) groups excluding carboxylic acids is 2. The van der Waals surface area contributed by atoms with E-state index in [0.29, 0.717) is 19.4 Å². The van der Waals surface area contributed by atoms with Gasteiger partial charge in [0.25, 0.3) is 0 Å². The largest absolute Gasteiger partial charge is 0.508 e. The molecule has 7 heteroatoms. The fourth-order valence-electron chi connectivity index (χ4n) is 5.24. The van der Waals surface area contributed by atoms with E-state index in [2.05, 4.69) is 5.32 Å². The van der Waals surface area contributed by atoms with E-state index < -0.39 is 0 Å². The molecule has 0 spiro atoms. The molecule has 0 aromatic heterocycles. The number of rotatable bonds is 7. The fourth-order valence-corrected chi connectivity index (χ4v) is 5.24. The van der Waals surface area contributed by atoms with Gasteiger partial charge in [0.15, 0.2) is 5.78 Å². The molecule has 1 unspecified atom stereocenters. The summed E-state index contributed by atoms with van der Waals surface area (Å²) >= 11 is 0. The minimum atomic E-state index is -0.352. The first-order valence-corrected chi connectivity index (χ1v) is 12.3. The Labute approximate surface area is 210 Å². The molecule has 3 aromatic carbocycles. The number of anilines is 1. The standard InChI is InChI=1S/C29H30N2O5/c1-18(32)31-11-10-22(16-31)30-25-9-5-8-20-12-21(13-24(20)25)29(35)28-26(34)14-23(33)15-27(28)36-17-19-6-3-2-4-7-19/h2-9,14-15,21-22,30,33-34H,10-13,16-17H2,1H3/t21-,22?/m1/s1. The van der Waals surface area contributed by atoms with E-state index in [4.69, 9.17) is 4.74 Å². The number of Topliss-reactive ketones (excluding diaryl/α,β-unsaturated/α-hetero) is 1. The van der Waals surface area contributed by atoms with Crippen molar-refractivity contribution in [2.24, 2.45) is 5.92 Å². The molecule has 3 aromatic rings. The number of hydrogen-bond donors (Lipinski definition) is 3. The average molecular weight is 487 g/mol. The van der Waals surface area contributed by atoms with Crippen LogP contribution in [0.25, 0.3) is 0 Å². The summed E-state index contributed by atoms with van der Waals surface area (Å²) in [6.45, 7) is 3.22. The molecule has 186 valence electrons. The highest BCUT2D eigenvalue weighted by Crippen LogP contribution is 2.40. The average Bonchev–Trinajstić information content (AvgIpc) is 3.51. The van der Waals surface area contributed by atoms with E-state index in [1.54, 1.807) is 6.92 Å². The number of amides is 1. The summed E-state index contributed by atoms with van der Waals surface area (Å²) in [4.78, 5) is 27.2. The van der Waals surface area contributed by atoms with E-state index in [9.17, 15) is 19.8 Å². The van der Waals surface area contributed by atoms with Gasteiger partial charge >= 0.3 is 0 Å². The molecule has 0 radical (unpaired) electrons. The first-order chi connectivity index (χ1) is 17.4. The van der Waals surface area contributed by atoms with E-state index >= 15 is 0 Å². The van der Waals surface area contributed by atoms with Crippen LogP contribution in [-0.2, 0) is 24.2 Å². The molecule has 1 heterocycles. The highest BCUT2D eigenvalue weighted by molar-refractivity contribution is 6.03. The Hall–Kier alpha value is -4.00. The lowest BCUT2D eigenvalue weighted by Gasteiger charge is -2.18. The smallest absolute Gasteiger partial charge is 0.219 e. The summed E-state index contributed by atoms with van der Waals surface area (Å²) < 4.78 is 5.90. The Bertz CT molecular complexity index is 1290. The maximum Gasteiger partial charge on any atom is 0.219 e. The van der Waals surface area contributed by atoms with Gasteiger partial charge in [0, 0.05) is 49.8 Å². The number of aromatic hydroxyl groups is 2. The predicted molar refractivity (Wildman–Crippen MR) is 136 cm³/mol. The van der Waals surface area contributed by atoms with Crippen molar-refractivity contribution in [3.05, 3.63) is 82.9 Å². The summed E-state index contributed by atoms with van der Waals surface area (Å²) in [5.74, 6) is -0.749. The van der Waals surface area contributed by atoms with Crippen LogP contribution in [-0.4, -0.2) is 45.9 Å². The first-order valence-electron chi connectivity index (χ1n) is 12.3. The lowest BCUT2D eigenvalue weighted by atomic mass is 9.93. The third-order valence-corrected chi connectivity index (χ3v) is 7.10. The van der Waals surface area contributed by atoms with Crippen LogP contribution in [0.15, 0.2) is 60.7 Å². The first kappa shape index (κ1) is 23.7. The topological polar surface area (TPSA) is 99.1 Å². The molecule has 2 aliphatic rings. The van der Waals surface area contributed by atoms with Crippen molar-refractivity contribution >= 4 is 17.4 Å². The van der Waals surface area contributed by atoms with Gasteiger partial charge in [0.2, 0.25) is 5.91 Å². The Balaban J connectivity index is 1.34. The van der Waals surface area contributed by atoms with E-state index in [-0.39, 0.29) is 53.1 Å². The van der Waals surface area contributed by atoms with Crippen LogP contribution in [0.3, 0.4) is 0 Å². The van der Waals surface area contributed by atoms with Gasteiger partial charge in [-0.1, -0.05) is 42.5 Å². The van der Waals surface area contributed by atoms with E-state index in [0.717, 1.165) is 35.3 Å². The number of likely N-dealkylation sites (tertiary alicyclic amines) is 1. The molecule has 0 bridgehead atoms. The monoisotopic (exact) mass is 486 g/mol. The number of nitrogens with zero attached hydrogens (tertiary/aromatic N) is 1. The number of hydrogen-bond acceptors (Lipinski definition) is 6. The maximum atomic E-state index is 13.7. The molecule has 2 atom stereocenters. The zero-order valence-corrected chi connectivity index (χ0v) is 20.2. The molecule has 1 amide bonds. The Morgan fingerprint density at radius 3 is 2.61 bits per heavy atom. The van der Waals surface area contributed by atoms with Gasteiger partial charge in [-0.3, -0.25) is 9.59 Å². The molecule has 7 nitrogen and oxygen atoms in total. The normalized spacial score (nSPS) is 18.6. The number of carbonyl (C=O) groups is 2. The fraction of sp³-hybridized carbons (Fsp3) is 0.310. The molecule has 36 heavy (non-hydrogen) atoms. The number of fused-ring (bicyclic) bond motifs is 1. The van der Waals surface area contributed by atoms with Crippen molar-refractivity contribution in [1.82, 2.24) is 4.90 Å². The Morgan fingerprint density at radius 2 is 1.86 bits per heavy atom. The molecule has 3 N–H and O–H groups in total. The van der Waals surface area contributed by atoms with Crippen molar-refractivity contribution in [3.8, 4) is 17.2 Å². The lowest BCUT2D eigenvalue weighted by Crippen LogP contribution is -2.29. The summed E-state index contributed by atoms with van der Waals surface area (Å²) in [7, 11) is 0. The number of ketones is 1. The van der Waals surface area contributed by atoms with Crippen LogP contribution in [0.5, 0.6) is 17.2 Å². The van der Waals surface area contributed by atoms with E-state index in [1.807, 2.05) is 53.4 Å². The zero-order chi connectivity index (χ0) is 25.2. The summed E-state index contributed by atoms with van der Waals surface area (Å²) in [6, 6.07) is 18.3. The number of ether oxygens (including phenoxy) is 1. The van der Waals surface area contributed by atoms with Crippen LogP contribution in [0.4, 0.5) is 5.69 Å². The Kier molecular flexibility index (Phi) is 6.55. The Morgan fingerprint density at radius 1 is 1.06 bits per heavy atom. The number of phenols is 2. The van der Waals surface area contributed by atoms with Crippen LogP contribution in [0, 0.1) is 5.92 Å². The number of benzene rings is 3. The third-order valence-electron chi connectivity index (χ3n) is 7.10. The van der Waals surface area contributed by atoms with Gasteiger partial charge < -0.3 is 25.2 Å². The lowest BCUT2D eigenvalue weighted by molar-refractivity contribution is -0.127. The predicted octanol–water partition coefficient (Wildman–Crippen LogP) is 4.31. The molecule has 0 saturated carbocycles. The van der Waals surface area contributed by atoms with Crippen molar-refractivity contribution in [3.63, 3.8) is 0 Å². The molecule has 5 rings (SSSR count). The van der Waals surface area contributed by atoms with Crippen LogP contribution < -0.4 is 10.1 Å². The van der Waals surface area contributed by atoms with Gasteiger partial charge in [-0.2, -0.15) is 0 Å². The van der Waals surface area contributed by atoms with Gasteiger partial charge in [0.1, 0.15) is 29.4 Å². The van der Waals surface area contributed by atoms with Crippen molar-refractivity contribution in [1.29, 1.82) is 0 Å². The highest BCUT2D eigenvalue weighted by Gasteiger charge is 2.34. The SMILES string of the molecule is CC(=O)N1CCC(Nc2cccc3c2C[C@H](C(=O)c2c(O)cc(O)cc2OCc2ccccc2)C3)C1. The highest BCUT2D eigenvalue weighted by atomic mass is 16.5. The minimum absolute atomic E-state index is 0.0854. The zero-order valence-electron chi connectivity index (χ0n) is 20.2. The second kappa shape index (κ2) is 9.93. The second-order valence-corrected chi connectivity index (χ2v) is 9.62. The molecule has 1 saturated heterocycles. The van der Waals surface area contributed by atoms with Crippen molar-refractivity contribution in [2.75, 3.05) is 18.4 Å². The van der Waals surface area contributed by atoms with Crippen molar-refractivity contribution < 1.29 is 24.5 Å². The number of phenolic OH excluding ortho intramolecular Hbond substituents is 2. The number of nitrogens with one attached hydrogen (secondary N) is 1. The second-order valence-electron chi connectivity index (χ2n) is 9.62. The van der Waals surface area contributed by atoms with Crippen LogP contribution in [0.1, 0.15) is 40.4 Å². The molecule has 1 fully saturated rings. The third kappa shape index (κ3) is 4.87. The molecular formula is C29H30N2O5. The van der Waals surface area contributed by atoms with Crippen molar-refractivity contribution in [2.45, 2.75) is 38.8 Å². The van der Waals surface area contributed by atoms with Gasteiger partial charge in [-0.15, -0.1) is 0 Å². The maximum absolute atomic E-state index is 13.7. The molecule has 1 aliphatic heterocycles. The molecule has 1 aliphatic carbocycles. The quantitative estimate of drug-likeness (QED) is 0.431. The molecular weight excluding hydrogens is 456 g/mol. The summed E-state index contributed by atoms with van der Waals surface area (Å²) in [5.41, 5.74) is 4.21. The van der Waals surface area contributed by atoms with E-state index in [1.165, 1.54) is 12.1 Å². The van der Waals surface area contributed by atoms with Gasteiger partial charge in [-0.05, 0) is 42.0 Å². The summed E-state index contributed by atoms with van der Waals surface area (Å²) in [6.07, 6.45) is 1.99. The summed E-state index contributed by atoms with van der Waals surface area (Å²) in [5, 5.41) is 24.3. The van der Waals surface area contributed by atoms with Gasteiger partial charge in [-0.25, -0.2) is 0 Å².